The Kier molecular flexibility index (Phi) is 3.84. The van der Waals surface area contributed by atoms with Crippen LogP contribution in [0, 0.1) is 0 Å². The van der Waals surface area contributed by atoms with E-state index in [0.717, 1.165) is 0 Å². The first-order chi connectivity index (χ1) is 7.81. The van der Waals surface area contributed by atoms with Gasteiger partial charge in [0.2, 0.25) is 5.91 Å². The largest absolute Gasteiger partial charge is 0.481 e. The van der Waals surface area contributed by atoms with Crippen molar-refractivity contribution in [2.75, 3.05) is 5.75 Å². The second-order valence-electron chi connectivity index (χ2n) is 3.44. The van der Waals surface area contributed by atoms with Gasteiger partial charge in [-0.25, -0.2) is 8.42 Å². The van der Waals surface area contributed by atoms with Gasteiger partial charge in [0.15, 0.2) is 9.84 Å². The molecule has 1 amide bonds. The maximum absolute atomic E-state index is 11.6. The summed E-state index contributed by atoms with van der Waals surface area (Å²) in [6.07, 6.45) is -0.184. The third-order valence-corrected chi connectivity index (χ3v) is 3.63. The fraction of sp³-hybridized carbons (Fsp3) is 0.200. The number of aliphatic carboxylic acids is 1. The summed E-state index contributed by atoms with van der Waals surface area (Å²) >= 11 is 0. The second kappa shape index (κ2) is 4.96. The predicted molar refractivity (Wildman–Crippen MR) is 59.0 cm³/mol. The normalized spacial score (nSPS) is 11.1. The standard InChI is InChI=1S/C10H11NO5S/c11-9(12)6-17(15,16)8-3-1-7(2-4-8)5-10(13)14/h1-4H,5-6H2,(H2,11,12)(H,13,14). The van der Waals surface area contributed by atoms with Crippen molar-refractivity contribution in [3.63, 3.8) is 0 Å². The second-order valence-corrected chi connectivity index (χ2v) is 5.43. The summed E-state index contributed by atoms with van der Waals surface area (Å²) in [5.74, 6) is -2.69. The van der Waals surface area contributed by atoms with Crippen LogP contribution >= 0.6 is 0 Å². The molecule has 0 aliphatic rings. The van der Waals surface area contributed by atoms with Gasteiger partial charge in [-0.05, 0) is 17.7 Å². The SMILES string of the molecule is NC(=O)CS(=O)(=O)c1ccc(CC(=O)O)cc1. The lowest BCUT2D eigenvalue weighted by Gasteiger charge is -2.03. The number of primary amides is 1. The number of carbonyl (C=O) groups excluding carboxylic acids is 1. The van der Waals surface area contributed by atoms with E-state index in [0.29, 0.717) is 5.56 Å². The summed E-state index contributed by atoms with van der Waals surface area (Å²) in [7, 11) is -3.73. The van der Waals surface area contributed by atoms with Gasteiger partial charge in [-0.3, -0.25) is 9.59 Å². The summed E-state index contributed by atoms with van der Waals surface area (Å²) in [5, 5.41) is 8.54. The number of amides is 1. The molecule has 0 radical (unpaired) electrons. The fourth-order valence-corrected chi connectivity index (χ4v) is 2.35. The van der Waals surface area contributed by atoms with Gasteiger partial charge in [-0.15, -0.1) is 0 Å². The monoisotopic (exact) mass is 257 g/mol. The fourth-order valence-electron chi connectivity index (χ4n) is 1.26. The van der Waals surface area contributed by atoms with Gasteiger partial charge in [-0.2, -0.15) is 0 Å². The number of carbonyl (C=O) groups is 2. The number of benzene rings is 1. The van der Waals surface area contributed by atoms with Crippen LogP contribution in [0.25, 0.3) is 0 Å². The Hall–Kier alpha value is -1.89. The Morgan fingerprint density at radius 2 is 1.71 bits per heavy atom. The molecule has 0 fully saturated rings. The molecule has 0 heterocycles. The molecular weight excluding hydrogens is 246 g/mol. The van der Waals surface area contributed by atoms with Gasteiger partial charge in [-0.1, -0.05) is 12.1 Å². The molecule has 0 spiro atoms. The molecule has 1 rings (SSSR count). The molecule has 3 N–H and O–H groups in total. The van der Waals surface area contributed by atoms with Crippen molar-refractivity contribution in [1.29, 1.82) is 0 Å². The highest BCUT2D eigenvalue weighted by Gasteiger charge is 2.17. The van der Waals surface area contributed by atoms with Crippen LogP contribution in [0.5, 0.6) is 0 Å². The van der Waals surface area contributed by atoms with E-state index < -0.39 is 27.5 Å². The maximum Gasteiger partial charge on any atom is 0.307 e. The Bertz CT molecular complexity index is 532. The van der Waals surface area contributed by atoms with Crippen molar-refractivity contribution >= 4 is 21.7 Å². The van der Waals surface area contributed by atoms with Gasteiger partial charge >= 0.3 is 5.97 Å². The van der Waals surface area contributed by atoms with Gasteiger partial charge in [0.1, 0.15) is 5.75 Å². The zero-order valence-electron chi connectivity index (χ0n) is 8.79. The molecule has 7 heteroatoms. The minimum Gasteiger partial charge on any atom is -0.481 e. The van der Waals surface area contributed by atoms with Crippen LogP contribution in [0.2, 0.25) is 0 Å². The molecule has 6 nitrogen and oxygen atoms in total. The van der Waals surface area contributed by atoms with Gasteiger partial charge < -0.3 is 10.8 Å². The van der Waals surface area contributed by atoms with E-state index in [1.165, 1.54) is 24.3 Å². The number of carboxylic acids is 1. The number of nitrogens with two attached hydrogens (primary N) is 1. The molecule has 0 aliphatic heterocycles. The van der Waals surface area contributed by atoms with E-state index in [4.69, 9.17) is 10.8 Å². The molecule has 0 aliphatic carbocycles. The quantitative estimate of drug-likeness (QED) is 0.743. The Balaban J connectivity index is 2.94. The molecule has 92 valence electrons. The van der Waals surface area contributed by atoms with Crippen LogP contribution in [0.4, 0.5) is 0 Å². The highest BCUT2D eigenvalue weighted by molar-refractivity contribution is 7.92. The zero-order chi connectivity index (χ0) is 13.1. The molecule has 1 aromatic carbocycles. The van der Waals surface area contributed by atoms with E-state index in [-0.39, 0.29) is 11.3 Å². The van der Waals surface area contributed by atoms with Gasteiger partial charge in [0.25, 0.3) is 0 Å². The number of rotatable bonds is 5. The Morgan fingerprint density at radius 1 is 1.18 bits per heavy atom. The van der Waals surface area contributed by atoms with Crippen molar-refractivity contribution in [3.8, 4) is 0 Å². The van der Waals surface area contributed by atoms with Crippen LogP contribution in [0.15, 0.2) is 29.2 Å². The Labute approximate surface area is 98.0 Å². The average molecular weight is 257 g/mol. The van der Waals surface area contributed by atoms with Crippen LogP contribution in [-0.4, -0.2) is 31.2 Å². The Morgan fingerprint density at radius 3 is 2.12 bits per heavy atom. The lowest BCUT2D eigenvalue weighted by Crippen LogP contribution is -2.23. The van der Waals surface area contributed by atoms with E-state index >= 15 is 0 Å². The van der Waals surface area contributed by atoms with Crippen LogP contribution in [0.1, 0.15) is 5.56 Å². The predicted octanol–water partition coefficient (Wildman–Crippen LogP) is -0.427. The van der Waals surface area contributed by atoms with Crippen molar-refractivity contribution in [2.45, 2.75) is 11.3 Å². The van der Waals surface area contributed by atoms with Crippen molar-refractivity contribution in [2.24, 2.45) is 5.73 Å². The molecule has 0 saturated heterocycles. The minimum absolute atomic E-state index is 0.0505. The molecule has 0 aromatic heterocycles. The highest BCUT2D eigenvalue weighted by Crippen LogP contribution is 2.12. The number of hydrogen-bond acceptors (Lipinski definition) is 4. The molecule has 0 saturated carbocycles. The third-order valence-electron chi connectivity index (χ3n) is 1.97. The van der Waals surface area contributed by atoms with E-state index in [9.17, 15) is 18.0 Å². The van der Waals surface area contributed by atoms with Crippen molar-refractivity contribution < 1.29 is 23.1 Å². The zero-order valence-corrected chi connectivity index (χ0v) is 9.61. The van der Waals surface area contributed by atoms with E-state index in [1.54, 1.807) is 0 Å². The summed E-state index contributed by atoms with van der Waals surface area (Å²) in [4.78, 5) is 20.9. The van der Waals surface area contributed by atoms with E-state index in [1.807, 2.05) is 0 Å². The molecule has 0 unspecified atom stereocenters. The summed E-state index contributed by atoms with van der Waals surface area (Å²) in [6, 6.07) is 5.30. The smallest absolute Gasteiger partial charge is 0.307 e. The first-order valence-corrected chi connectivity index (χ1v) is 6.28. The lowest BCUT2D eigenvalue weighted by molar-refractivity contribution is -0.136. The molecule has 17 heavy (non-hydrogen) atoms. The highest BCUT2D eigenvalue weighted by atomic mass is 32.2. The van der Waals surface area contributed by atoms with E-state index in [2.05, 4.69) is 0 Å². The maximum atomic E-state index is 11.6. The van der Waals surface area contributed by atoms with Gasteiger partial charge in [0, 0.05) is 0 Å². The number of carboxylic acid groups (broad SMARTS) is 1. The third kappa shape index (κ3) is 3.87. The lowest BCUT2D eigenvalue weighted by atomic mass is 10.2. The summed E-state index contributed by atoms with van der Waals surface area (Å²) in [5.41, 5.74) is 5.30. The average Bonchev–Trinajstić information content (AvgIpc) is 2.15. The van der Waals surface area contributed by atoms with Crippen LogP contribution in [0.3, 0.4) is 0 Å². The first-order valence-electron chi connectivity index (χ1n) is 4.63. The van der Waals surface area contributed by atoms with Crippen molar-refractivity contribution in [1.82, 2.24) is 0 Å². The van der Waals surface area contributed by atoms with Crippen LogP contribution < -0.4 is 5.73 Å². The molecule has 0 atom stereocenters. The minimum atomic E-state index is -3.73. The molecule has 0 bridgehead atoms. The first kappa shape index (κ1) is 13.2. The number of sulfone groups is 1. The number of hydrogen-bond donors (Lipinski definition) is 2. The van der Waals surface area contributed by atoms with Crippen molar-refractivity contribution in [3.05, 3.63) is 29.8 Å². The summed E-state index contributed by atoms with van der Waals surface area (Å²) in [6.45, 7) is 0. The van der Waals surface area contributed by atoms with Crippen LogP contribution in [-0.2, 0) is 25.8 Å². The topological polar surface area (TPSA) is 115 Å². The summed E-state index contributed by atoms with van der Waals surface area (Å²) < 4.78 is 23.1. The van der Waals surface area contributed by atoms with Gasteiger partial charge in [0.05, 0.1) is 11.3 Å². The molecular formula is C10H11NO5S. The molecule has 1 aromatic rings.